The summed E-state index contributed by atoms with van der Waals surface area (Å²) in [6.45, 7) is 3.88. The minimum Gasteiger partial charge on any atom is -0.496 e. The van der Waals surface area contributed by atoms with Crippen LogP contribution in [-0.2, 0) is 9.59 Å². The molecule has 1 fully saturated rings. The fraction of sp³-hybridized carbons (Fsp3) is 0.150. The molecule has 0 aliphatic carbocycles. The van der Waals surface area contributed by atoms with E-state index >= 15 is 0 Å². The monoisotopic (exact) mass is 366 g/mol. The van der Waals surface area contributed by atoms with Gasteiger partial charge in [0, 0.05) is 5.56 Å². The van der Waals surface area contributed by atoms with Crippen molar-refractivity contribution < 1.29 is 14.3 Å². The smallest absolute Gasteiger partial charge is 0.270 e. The second kappa shape index (κ2) is 7.09. The summed E-state index contributed by atoms with van der Waals surface area (Å²) < 4.78 is 5.30. The van der Waals surface area contributed by atoms with Crippen LogP contribution in [0, 0.1) is 13.8 Å². The van der Waals surface area contributed by atoms with E-state index in [1.807, 2.05) is 44.2 Å². The standard InChI is InChI=1S/C20H18N2O3S/c1-12-8-9-16(13(2)10-12)22-19(24)15(18(23)21-20(22)26)11-14-6-4-5-7-17(14)25-3/h4-11H,1-3H3,(H,21,23,26)/b15-11+. The molecule has 1 aliphatic rings. The van der Waals surface area contributed by atoms with E-state index in [-0.39, 0.29) is 10.7 Å². The van der Waals surface area contributed by atoms with Crippen molar-refractivity contribution in [3.05, 3.63) is 64.7 Å². The number of amides is 2. The molecular weight excluding hydrogens is 348 g/mol. The first-order valence-corrected chi connectivity index (χ1v) is 8.45. The van der Waals surface area contributed by atoms with E-state index < -0.39 is 11.8 Å². The molecular formula is C20H18N2O3S. The number of hydrogen-bond acceptors (Lipinski definition) is 4. The first-order valence-electron chi connectivity index (χ1n) is 8.04. The van der Waals surface area contributed by atoms with Crippen molar-refractivity contribution in [2.24, 2.45) is 0 Å². The average molecular weight is 366 g/mol. The molecule has 0 saturated carbocycles. The van der Waals surface area contributed by atoms with Gasteiger partial charge in [0.1, 0.15) is 11.3 Å². The van der Waals surface area contributed by atoms with Crippen molar-refractivity contribution in [1.29, 1.82) is 0 Å². The van der Waals surface area contributed by atoms with E-state index in [1.54, 1.807) is 12.1 Å². The van der Waals surface area contributed by atoms with Crippen LogP contribution in [0.2, 0.25) is 0 Å². The van der Waals surface area contributed by atoms with Crippen LogP contribution in [0.1, 0.15) is 16.7 Å². The van der Waals surface area contributed by atoms with E-state index in [4.69, 9.17) is 17.0 Å². The zero-order chi connectivity index (χ0) is 18.8. The van der Waals surface area contributed by atoms with Crippen LogP contribution in [0.3, 0.4) is 0 Å². The summed E-state index contributed by atoms with van der Waals surface area (Å²) in [5, 5.41) is 2.67. The predicted octanol–water partition coefficient (Wildman–Crippen LogP) is 3.14. The highest BCUT2D eigenvalue weighted by atomic mass is 32.1. The van der Waals surface area contributed by atoms with Crippen LogP contribution in [0.5, 0.6) is 5.75 Å². The van der Waals surface area contributed by atoms with Gasteiger partial charge in [-0.1, -0.05) is 35.9 Å². The second-order valence-corrected chi connectivity index (χ2v) is 6.38. The number of carbonyl (C=O) groups excluding carboxylic acids is 2. The Bertz CT molecular complexity index is 950. The first-order chi connectivity index (χ1) is 12.4. The molecule has 0 unspecified atom stereocenters. The number of ether oxygens (including phenoxy) is 1. The van der Waals surface area contributed by atoms with E-state index in [0.29, 0.717) is 17.0 Å². The molecule has 1 aliphatic heterocycles. The topological polar surface area (TPSA) is 58.6 Å². The number of methoxy groups -OCH3 is 1. The van der Waals surface area contributed by atoms with Gasteiger partial charge in [0.2, 0.25) is 0 Å². The van der Waals surface area contributed by atoms with Crippen molar-refractivity contribution in [3.63, 3.8) is 0 Å². The number of carbonyl (C=O) groups is 2. The number of aryl methyl sites for hydroxylation is 2. The van der Waals surface area contributed by atoms with Gasteiger partial charge < -0.3 is 4.74 Å². The van der Waals surface area contributed by atoms with Gasteiger partial charge in [0.05, 0.1) is 12.8 Å². The molecule has 2 aromatic carbocycles. The molecule has 1 heterocycles. The third-order valence-corrected chi connectivity index (χ3v) is 4.42. The Morgan fingerprint density at radius 1 is 1.12 bits per heavy atom. The Balaban J connectivity index is 2.07. The van der Waals surface area contributed by atoms with Crippen molar-refractivity contribution in [2.45, 2.75) is 13.8 Å². The summed E-state index contributed by atoms with van der Waals surface area (Å²) in [6, 6.07) is 12.9. The predicted molar refractivity (Wildman–Crippen MR) is 105 cm³/mol. The van der Waals surface area contributed by atoms with Crippen molar-refractivity contribution in [3.8, 4) is 5.75 Å². The summed E-state index contributed by atoms with van der Waals surface area (Å²) in [4.78, 5) is 26.8. The van der Waals surface area contributed by atoms with Gasteiger partial charge in [-0.3, -0.25) is 19.8 Å². The second-order valence-electron chi connectivity index (χ2n) is 5.99. The molecule has 6 heteroatoms. The van der Waals surface area contributed by atoms with Crippen LogP contribution in [0.25, 0.3) is 6.08 Å². The van der Waals surface area contributed by atoms with E-state index in [1.165, 1.54) is 18.1 Å². The molecule has 0 atom stereocenters. The molecule has 26 heavy (non-hydrogen) atoms. The van der Waals surface area contributed by atoms with Crippen LogP contribution >= 0.6 is 12.2 Å². The Morgan fingerprint density at radius 3 is 2.54 bits per heavy atom. The third kappa shape index (κ3) is 3.23. The van der Waals surface area contributed by atoms with Gasteiger partial charge in [0.15, 0.2) is 5.11 Å². The van der Waals surface area contributed by atoms with Gasteiger partial charge in [-0.25, -0.2) is 0 Å². The number of rotatable bonds is 3. The molecule has 0 aromatic heterocycles. The lowest BCUT2D eigenvalue weighted by Gasteiger charge is -2.30. The van der Waals surface area contributed by atoms with Crippen LogP contribution < -0.4 is 15.0 Å². The van der Waals surface area contributed by atoms with Gasteiger partial charge >= 0.3 is 0 Å². The maximum absolute atomic E-state index is 13.1. The van der Waals surface area contributed by atoms with Crippen LogP contribution in [0.4, 0.5) is 5.69 Å². The van der Waals surface area contributed by atoms with Gasteiger partial charge in [-0.15, -0.1) is 0 Å². The summed E-state index contributed by atoms with van der Waals surface area (Å²) in [6.07, 6.45) is 1.52. The van der Waals surface area contributed by atoms with E-state index in [0.717, 1.165) is 11.1 Å². The SMILES string of the molecule is COc1ccccc1/C=C1\C(=O)NC(=S)N(c2ccc(C)cc2C)C1=O. The lowest BCUT2D eigenvalue weighted by Crippen LogP contribution is -2.54. The van der Waals surface area contributed by atoms with Gasteiger partial charge in [-0.05, 0) is 49.8 Å². The number of para-hydroxylation sites is 1. The Labute approximate surface area is 157 Å². The first kappa shape index (κ1) is 17.8. The van der Waals surface area contributed by atoms with Gasteiger partial charge in [-0.2, -0.15) is 0 Å². The number of anilines is 1. The maximum atomic E-state index is 13.1. The maximum Gasteiger partial charge on any atom is 0.270 e. The Kier molecular flexibility index (Phi) is 4.86. The van der Waals surface area contributed by atoms with Crippen LogP contribution in [0.15, 0.2) is 48.0 Å². The molecule has 1 saturated heterocycles. The largest absolute Gasteiger partial charge is 0.496 e. The van der Waals surface area contributed by atoms with Gasteiger partial charge in [0.25, 0.3) is 11.8 Å². The summed E-state index contributed by atoms with van der Waals surface area (Å²) in [5.74, 6) is -0.407. The van der Waals surface area contributed by atoms with E-state index in [9.17, 15) is 9.59 Å². The molecule has 5 nitrogen and oxygen atoms in total. The zero-order valence-electron chi connectivity index (χ0n) is 14.7. The number of nitrogens with one attached hydrogen (secondary N) is 1. The van der Waals surface area contributed by atoms with Crippen molar-refractivity contribution in [1.82, 2.24) is 5.32 Å². The molecule has 0 spiro atoms. The molecule has 1 N–H and O–H groups in total. The fourth-order valence-electron chi connectivity index (χ4n) is 2.87. The number of hydrogen-bond donors (Lipinski definition) is 1. The third-order valence-electron chi connectivity index (χ3n) is 4.13. The molecule has 0 radical (unpaired) electrons. The molecule has 132 valence electrons. The molecule has 2 amide bonds. The summed E-state index contributed by atoms with van der Waals surface area (Å²) in [7, 11) is 1.54. The minimum atomic E-state index is -0.521. The summed E-state index contributed by atoms with van der Waals surface area (Å²) in [5.41, 5.74) is 3.27. The quantitative estimate of drug-likeness (QED) is 0.515. The van der Waals surface area contributed by atoms with Crippen LogP contribution in [-0.4, -0.2) is 24.0 Å². The summed E-state index contributed by atoms with van der Waals surface area (Å²) >= 11 is 5.24. The van der Waals surface area contributed by atoms with Crippen molar-refractivity contribution in [2.75, 3.05) is 12.0 Å². The highest BCUT2D eigenvalue weighted by molar-refractivity contribution is 7.80. The van der Waals surface area contributed by atoms with Crippen molar-refractivity contribution >= 4 is 40.9 Å². The molecule has 3 rings (SSSR count). The normalized spacial score (nSPS) is 16.0. The average Bonchev–Trinajstić information content (AvgIpc) is 2.60. The Hall–Kier alpha value is -2.99. The lowest BCUT2D eigenvalue weighted by molar-refractivity contribution is -0.122. The van der Waals surface area contributed by atoms with E-state index in [2.05, 4.69) is 5.32 Å². The minimum absolute atomic E-state index is 0.00285. The number of nitrogens with zero attached hydrogens (tertiary/aromatic N) is 1. The lowest BCUT2D eigenvalue weighted by atomic mass is 10.0. The number of benzene rings is 2. The Morgan fingerprint density at radius 2 is 1.85 bits per heavy atom. The zero-order valence-corrected chi connectivity index (χ0v) is 15.5. The number of thiocarbonyl (C=S) groups is 1. The fourth-order valence-corrected chi connectivity index (χ4v) is 3.15. The highest BCUT2D eigenvalue weighted by Crippen LogP contribution is 2.27. The highest BCUT2D eigenvalue weighted by Gasteiger charge is 2.35. The molecule has 0 bridgehead atoms. The molecule has 2 aromatic rings.